The monoisotopic (exact) mass is 316 g/mol. The van der Waals surface area contributed by atoms with Gasteiger partial charge >= 0.3 is 6.18 Å². The lowest BCUT2D eigenvalue weighted by Crippen LogP contribution is -2.46. The second-order valence-corrected chi connectivity index (χ2v) is 5.52. The van der Waals surface area contributed by atoms with E-state index < -0.39 is 11.7 Å². The van der Waals surface area contributed by atoms with E-state index in [1.165, 1.54) is 17.0 Å². The van der Waals surface area contributed by atoms with E-state index in [9.17, 15) is 18.0 Å². The third kappa shape index (κ3) is 4.20. The molecule has 1 fully saturated rings. The minimum atomic E-state index is -4.39. The molecule has 0 radical (unpaired) electrons. The molecular formula is C15H19F3N2O2. The van der Waals surface area contributed by atoms with Gasteiger partial charge in [-0.1, -0.05) is 0 Å². The lowest BCUT2D eigenvalue weighted by molar-refractivity contribution is -0.137. The highest BCUT2D eigenvalue weighted by molar-refractivity contribution is 5.94. The van der Waals surface area contributed by atoms with Crippen molar-refractivity contribution in [2.45, 2.75) is 12.3 Å². The summed E-state index contributed by atoms with van der Waals surface area (Å²) >= 11 is 0. The second-order valence-electron chi connectivity index (χ2n) is 5.52. The molecular weight excluding hydrogens is 297 g/mol. The van der Waals surface area contributed by atoms with E-state index in [0.29, 0.717) is 13.2 Å². The lowest BCUT2D eigenvalue weighted by atomic mass is 10.1. The number of rotatable bonds is 3. The zero-order valence-electron chi connectivity index (χ0n) is 12.6. The Morgan fingerprint density at radius 2 is 2.00 bits per heavy atom. The normalized spacial score (nSPS) is 20.0. The fourth-order valence-electron chi connectivity index (χ4n) is 2.39. The van der Waals surface area contributed by atoms with Crippen LogP contribution in [0.2, 0.25) is 0 Å². The molecule has 0 spiro atoms. The van der Waals surface area contributed by atoms with Gasteiger partial charge in [0, 0.05) is 32.2 Å². The van der Waals surface area contributed by atoms with Gasteiger partial charge in [-0.25, -0.2) is 0 Å². The molecule has 0 N–H and O–H groups in total. The van der Waals surface area contributed by atoms with E-state index in [-0.39, 0.29) is 17.6 Å². The van der Waals surface area contributed by atoms with Gasteiger partial charge in [0.1, 0.15) is 0 Å². The van der Waals surface area contributed by atoms with E-state index in [4.69, 9.17) is 4.74 Å². The Bertz CT molecular complexity index is 517. The number of benzene rings is 1. The molecule has 0 bridgehead atoms. The van der Waals surface area contributed by atoms with Crippen molar-refractivity contribution in [2.75, 3.05) is 40.3 Å². The minimum absolute atomic E-state index is 0.0813. The number of morpholine rings is 1. The molecule has 0 aromatic heterocycles. The predicted octanol–water partition coefficient (Wildman–Crippen LogP) is 2.11. The largest absolute Gasteiger partial charge is 0.416 e. The maximum atomic E-state index is 12.5. The molecule has 0 aliphatic carbocycles. The first-order valence-electron chi connectivity index (χ1n) is 7.00. The number of ether oxygens (including phenoxy) is 1. The number of hydrogen-bond acceptors (Lipinski definition) is 3. The molecule has 1 saturated heterocycles. The van der Waals surface area contributed by atoms with Gasteiger partial charge in [0.05, 0.1) is 18.3 Å². The van der Waals surface area contributed by atoms with E-state index in [2.05, 4.69) is 4.90 Å². The van der Waals surface area contributed by atoms with Crippen LogP contribution < -0.4 is 0 Å². The Morgan fingerprint density at radius 1 is 1.36 bits per heavy atom. The van der Waals surface area contributed by atoms with E-state index in [1.54, 1.807) is 7.05 Å². The highest BCUT2D eigenvalue weighted by Gasteiger charge is 2.30. The van der Waals surface area contributed by atoms with Crippen molar-refractivity contribution in [3.8, 4) is 0 Å². The number of hydrogen-bond donors (Lipinski definition) is 0. The van der Waals surface area contributed by atoms with E-state index >= 15 is 0 Å². The molecule has 1 amide bonds. The van der Waals surface area contributed by atoms with Crippen molar-refractivity contribution in [2.24, 2.45) is 0 Å². The highest BCUT2D eigenvalue weighted by atomic mass is 19.4. The molecule has 1 aliphatic heterocycles. The average Bonchev–Trinajstić information content (AvgIpc) is 2.45. The van der Waals surface area contributed by atoms with Gasteiger partial charge in [0.25, 0.3) is 5.91 Å². The molecule has 22 heavy (non-hydrogen) atoms. The number of carbonyl (C=O) groups is 1. The number of halogens is 3. The summed E-state index contributed by atoms with van der Waals surface area (Å²) in [6.45, 7) is 2.60. The van der Waals surface area contributed by atoms with Crippen molar-refractivity contribution in [1.29, 1.82) is 0 Å². The van der Waals surface area contributed by atoms with E-state index in [0.717, 1.165) is 25.2 Å². The topological polar surface area (TPSA) is 32.8 Å². The summed E-state index contributed by atoms with van der Waals surface area (Å²) in [6.07, 6.45) is -4.48. The van der Waals surface area contributed by atoms with Gasteiger partial charge in [-0.3, -0.25) is 4.79 Å². The van der Waals surface area contributed by atoms with Crippen molar-refractivity contribution in [3.05, 3.63) is 35.4 Å². The Kier molecular flexibility index (Phi) is 5.08. The quantitative estimate of drug-likeness (QED) is 0.856. The third-order valence-corrected chi connectivity index (χ3v) is 3.63. The summed E-state index contributed by atoms with van der Waals surface area (Å²) in [5.41, 5.74) is -0.524. The first-order valence-corrected chi connectivity index (χ1v) is 7.00. The van der Waals surface area contributed by atoms with Crippen LogP contribution in [0.4, 0.5) is 13.2 Å². The Balaban J connectivity index is 1.98. The highest BCUT2D eigenvalue weighted by Crippen LogP contribution is 2.29. The summed E-state index contributed by atoms with van der Waals surface area (Å²) in [4.78, 5) is 15.8. The van der Waals surface area contributed by atoms with Crippen LogP contribution in [0.1, 0.15) is 15.9 Å². The molecule has 1 unspecified atom stereocenters. The molecule has 1 aromatic carbocycles. The van der Waals surface area contributed by atoms with Gasteiger partial charge in [0.2, 0.25) is 0 Å². The second kappa shape index (κ2) is 6.66. The van der Waals surface area contributed by atoms with Crippen LogP contribution in [0, 0.1) is 0 Å². The van der Waals surface area contributed by atoms with Crippen LogP contribution in [0.5, 0.6) is 0 Å². The average molecular weight is 316 g/mol. The fourth-order valence-corrected chi connectivity index (χ4v) is 2.39. The van der Waals surface area contributed by atoms with Crippen molar-refractivity contribution in [3.63, 3.8) is 0 Å². The smallest absolute Gasteiger partial charge is 0.374 e. The molecule has 7 heteroatoms. The van der Waals surface area contributed by atoms with Crippen LogP contribution in [-0.2, 0) is 10.9 Å². The molecule has 1 aliphatic rings. The molecule has 122 valence electrons. The number of amides is 1. The number of likely N-dealkylation sites (N-methyl/N-ethyl adjacent to an activating group) is 2. The van der Waals surface area contributed by atoms with Crippen LogP contribution in [-0.4, -0.2) is 62.1 Å². The first-order chi connectivity index (χ1) is 10.3. The van der Waals surface area contributed by atoms with Crippen LogP contribution in [0.3, 0.4) is 0 Å². The summed E-state index contributed by atoms with van der Waals surface area (Å²) < 4.78 is 43.1. The number of alkyl halides is 3. The summed E-state index contributed by atoms with van der Waals surface area (Å²) in [5, 5.41) is 0. The van der Waals surface area contributed by atoms with Gasteiger partial charge in [-0.05, 0) is 31.3 Å². The minimum Gasteiger partial charge on any atom is -0.374 e. The summed E-state index contributed by atoms with van der Waals surface area (Å²) in [5.74, 6) is -0.314. The molecule has 1 aromatic rings. The number of carbonyl (C=O) groups excluding carboxylic acids is 1. The Labute approximate surface area is 127 Å². The van der Waals surface area contributed by atoms with Crippen LogP contribution in [0.15, 0.2) is 24.3 Å². The first kappa shape index (κ1) is 16.8. The van der Waals surface area contributed by atoms with Crippen molar-refractivity contribution < 1.29 is 22.7 Å². The van der Waals surface area contributed by atoms with Crippen molar-refractivity contribution >= 4 is 5.91 Å². The molecule has 0 saturated carbocycles. The van der Waals surface area contributed by atoms with E-state index in [1.807, 2.05) is 7.05 Å². The van der Waals surface area contributed by atoms with Gasteiger partial charge in [-0.15, -0.1) is 0 Å². The van der Waals surface area contributed by atoms with Gasteiger partial charge in [-0.2, -0.15) is 13.2 Å². The zero-order valence-corrected chi connectivity index (χ0v) is 12.6. The molecule has 1 heterocycles. The number of nitrogens with zero attached hydrogens (tertiary/aromatic N) is 2. The van der Waals surface area contributed by atoms with Gasteiger partial charge < -0.3 is 14.5 Å². The van der Waals surface area contributed by atoms with Crippen LogP contribution in [0.25, 0.3) is 0 Å². The maximum absolute atomic E-state index is 12.5. The van der Waals surface area contributed by atoms with Crippen LogP contribution >= 0.6 is 0 Å². The molecule has 1 atom stereocenters. The van der Waals surface area contributed by atoms with Gasteiger partial charge in [0.15, 0.2) is 0 Å². The Hall–Kier alpha value is -1.60. The Morgan fingerprint density at radius 3 is 2.55 bits per heavy atom. The fraction of sp³-hybridized carbons (Fsp3) is 0.533. The summed E-state index contributed by atoms with van der Waals surface area (Å²) in [6, 6.07) is 4.25. The summed E-state index contributed by atoms with van der Waals surface area (Å²) in [7, 11) is 3.60. The molecule has 4 nitrogen and oxygen atoms in total. The SMILES string of the molecule is CN1CCOC(CN(C)C(=O)c2ccc(C(F)(F)F)cc2)C1. The van der Waals surface area contributed by atoms with Crippen molar-refractivity contribution in [1.82, 2.24) is 9.80 Å². The zero-order chi connectivity index (χ0) is 16.3. The molecule has 2 rings (SSSR count). The predicted molar refractivity (Wildman–Crippen MR) is 75.6 cm³/mol. The maximum Gasteiger partial charge on any atom is 0.416 e. The standard InChI is InChI=1S/C15H19F3N2O2/c1-19-7-8-22-13(9-19)10-20(2)14(21)11-3-5-12(6-4-11)15(16,17)18/h3-6,13H,7-10H2,1-2H3. The lowest BCUT2D eigenvalue weighted by Gasteiger charge is -2.32. The third-order valence-electron chi connectivity index (χ3n) is 3.63.